The van der Waals surface area contributed by atoms with Crippen LogP contribution in [0.1, 0.15) is 40.8 Å². The highest BCUT2D eigenvalue weighted by Crippen LogP contribution is 2.35. The number of nitrogens with one attached hydrogen (secondary N) is 1. The Kier molecular flexibility index (Phi) is 8.87. The smallest absolute Gasteiger partial charge is 0.316 e. The van der Waals surface area contributed by atoms with Crippen LogP contribution in [0.25, 0.3) is 11.5 Å². The van der Waals surface area contributed by atoms with Crippen LogP contribution >= 0.6 is 20.0 Å². The van der Waals surface area contributed by atoms with E-state index in [0.717, 1.165) is 18.7 Å². The van der Waals surface area contributed by atoms with E-state index in [1.165, 1.54) is 22.3 Å². The Morgan fingerprint density at radius 1 is 1.16 bits per heavy atom. The van der Waals surface area contributed by atoms with Crippen LogP contribution in [0.5, 0.6) is 0 Å². The highest BCUT2D eigenvalue weighted by atomic mass is 32.2. The van der Waals surface area contributed by atoms with Crippen LogP contribution in [-0.4, -0.2) is 28.2 Å². The molecular weight excluding hydrogens is 433 g/mol. The molecule has 2 unspecified atom stereocenters. The number of hydrogen-bond donors (Lipinski definition) is 2. The van der Waals surface area contributed by atoms with Crippen LogP contribution in [0.3, 0.4) is 0 Å². The molecule has 1 heterocycles. The zero-order valence-corrected chi connectivity index (χ0v) is 19.7. The normalized spacial score (nSPS) is 13.3. The Balaban J connectivity index is 1.49. The Morgan fingerprint density at radius 2 is 1.94 bits per heavy atom. The van der Waals surface area contributed by atoms with Crippen molar-refractivity contribution in [2.24, 2.45) is 0 Å². The summed E-state index contributed by atoms with van der Waals surface area (Å²) < 4.78 is 21.0. The standard InChI is InChI=1S/C22H28N3O4PS/c1-15-5-8-20(13-16(15)2)21-24-25-22(29-21)31-17(3)19-9-6-18(7-10-19)14-23-11-4-12-28-30(26)27/h5-10,13,17,23,30H,4,11-12,14H2,1-3H3,(H,26,27). The Hall–Kier alpha value is -1.96. The third-order valence-corrected chi connectivity index (χ3v) is 6.38. The van der Waals surface area contributed by atoms with E-state index < -0.39 is 8.25 Å². The maximum atomic E-state index is 10.5. The van der Waals surface area contributed by atoms with Crippen molar-refractivity contribution in [2.75, 3.05) is 13.2 Å². The molecule has 2 atom stereocenters. The highest BCUT2D eigenvalue weighted by Gasteiger charge is 2.14. The van der Waals surface area contributed by atoms with Gasteiger partial charge in [0.1, 0.15) is 0 Å². The van der Waals surface area contributed by atoms with Crippen LogP contribution < -0.4 is 5.32 Å². The summed E-state index contributed by atoms with van der Waals surface area (Å²) in [6.45, 7) is 8.01. The van der Waals surface area contributed by atoms with Crippen molar-refractivity contribution in [2.45, 2.75) is 44.2 Å². The molecule has 0 saturated carbocycles. The van der Waals surface area contributed by atoms with Gasteiger partial charge in [-0.3, -0.25) is 4.57 Å². The zero-order valence-electron chi connectivity index (χ0n) is 17.9. The second-order valence-corrected chi connectivity index (χ2v) is 9.43. The van der Waals surface area contributed by atoms with Crippen molar-refractivity contribution in [3.63, 3.8) is 0 Å². The SMILES string of the molecule is Cc1ccc(-c2nnc(SC(C)c3ccc(CNCCCO[PH](=O)O)cc3)o2)cc1C. The van der Waals surface area contributed by atoms with Gasteiger partial charge in [0, 0.05) is 17.4 Å². The molecule has 0 spiro atoms. The van der Waals surface area contributed by atoms with E-state index in [0.29, 0.717) is 17.5 Å². The fourth-order valence-corrected chi connectivity index (χ4v) is 4.09. The predicted octanol–water partition coefficient (Wildman–Crippen LogP) is 5.09. The average molecular weight is 462 g/mol. The molecule has 0 radical (unpaired) electrons. The summed E-state index contributed by atoms with van der Waals surface area (Å²) in [4.78, 5) is 8.61. The van der Waals surface area contributed by atoms with Gasteiger partial charge in [-0.05, 0) is 68.1 Å². The third kappa shape index (κ3) is 7.30. The quantitative estimate of drug-likeness (QED) is 0.232. The predicted molar refractivity (Wildman–Crippen MR) is 123 cm³/mol. The van der Waals surface area contributed by atoms with Crippen molar-refractivity contribution < 1.29 is 18.4 Å². The molecule has 2 aromatic carbocycles. The van der Waals surface area contributed by atoms with Crippen molar-refractivity contribution in [3.05, 3.63) is 64.7 Å². The van der Waals surface area contributed by atoms with E-state index in [-0.39, 0.29) is 11.9 Å². The van der Waals surface area contributed by atoms with Gasteiger partial charge in [-0.25, -0.2) is 0 Å². The first-order valence-corrected chi connectivity index (χ1v) is 12.3. The molecule has 0 saturated heterocycles. The molecule has 3 rings (SSSR count). The second kappa shape index (κ2) is 11.6. The van der Waals surface area contributed by atoms with Crippen molar-refractivity contribution in [3.8, 4) is 11.5 Å². The molecule has 0 aliphatic heterocycles. The van der Waals surface area contributed by atoms with E-state index in [2.05, 4.69) is 77.2 Å². The van der Waals surface area contributed by atoms with E-state index in [1.54, 1.807) is 11.8 Å². The Morgan fingerprint density at radius 3 is 2.65 bits per heavy atom. The summed E-state index contributed by atoms with van der Waals surface area (Å²) >= 11 is 1.54. The lowest BCUT2D eigenvalue weighted by atomic mass is 10.1. The number of nitrogens with zero attached hydrogens (tertiary/aromatic N) is 2. The minimum atomic E-state index is -2.82. The fraction of sp³-hybridized carbons (Fsp3) is 0.364. The van der Waals surface area contributed by atoms with Gasteiger partial charge in [-0.2, -0.15) is 0 Å². The largest absolute Gasteiger partial charge is 0.411 e. The van der Waals surface area contributed by atoms with Gasteiger partial charge >= 0.3 is 8.25 Å². The van der Waals surface area contributed by atoms with Gasteiger partial charge in [-0.1, -0.05) is 42.1 Å². The summed E-state index contributed by atoms with van der Waals surface area (Å²) in [5, 5.41) is 12.4. The lowest BCUT2D eigenvalue weighted by Gasteiger charge is -2.10. The lowest BCUT2D eigenvalue weighted by molar-refractivity contribution is 0.276. The van der Waals surface area contributed by atoms with Crippen molar-refractivity contribution >= 4 is 20.0 Å². The minimum Gasteiger partial charge on any atom is -0.411 e. The van der Waals surface area contributed by atoms with Gasteiger partial charge in [0.25, 0.3) is 5.22 Å². The molecule has 0 bridgehead atoms. The van der Waals surface area contributed by atoms with Crippen molar-refractivity contribution in [1.29, 1.82) is 0 Å². The molecule has 1 aromatic heterocycles. The molecule has 0 amide bonds. The molecule has 7 nitrogen and oxygen atoms in total. The monoisotopic (exact) mass is 461 g/mol. The average Bonchev–Trinajstić information content (AvgIpc) is 3.21. The summed E-state index contributed by atoms with van der Waals surface area (Å²) in [6, 6.07) is 14.5. The highest BCUT2D eigenvalue weighted by molar-refractivity contribution is 7.99. The number of aromatic nitrogens is 2. The molecule has 2 N–H and O–H groups in total. The first-order valence-electron chi connectivity index (χ1n) is 10.2. The van der Waals surface area contributed by atoms with Gasteiger partial charge in [0.2, 0.25) is 5.89 Å². The third-order valence-electron chi connectivity index (χ3n) is 4.94. The number of rotatable bonds is 11. The molecule has 31 heavy (non-hydrogen) atoms. The summed E-state index contributed by atoms with van der Waals surface area (Å²) in [6.07, 6.45) is 0.692. The lowest BCUT2D eigenvalue weighted by Crippen LogP contribution is -2.15. The molecule has 166 valence electrons. The van der Waals surface area contributed by atoms with Crippen molar-refractivity contribution in [1.82, 2.24) is 15.5 Å². The maximum absolute atomic E-state index is 10.5. The van der Waals surface area contributed by atoms with Crippen LogP contribution in [0.15, 0.2) is 52.1 Å². The van der Waals surface area contributed by atoms with E-state index in [1.807, 2.05) is 6.07 Å². The molecule has 0 aliphatic rings. The van der Waals surface area contributed by atoms with Gasteiger partial charge in [0.05, 0.1) is 6.61 Å². The topological polar surface area (TPSA) is 97.5 Å². The van der Waals surface area contributed by atoms with Crippen LogP contribution in [0.2, 0.25) is 0 Å². The number of thioether (sulfide) groups is 1. The second-order valence-electron chi connectivity index (χ2n) is 7.32. The number of aryl methyl sites for hydroxylation is 2. The number of hydrogen-bond acceptors (Lipinski definition) is 7. The van der Waals surface area contributed by atoms with Crippen LogP contribution in [0.4, 0.5) is 0 Å². The van der Waals surface area contributed by atoms with Gasteiger partial charge in [0.15, 0.2) is 0 Å². The molecule has 3 aromatic rings. The number of benzene rings is 2. The van der Waals surface area contributed by atoms with Crippen LogP contribution in [-0.2, 0) is 15.6 Å². The van der Waals surface area contributed by atoms with E-state index >= 15 is 0 Å². The van der Waals surface area contributed by atoms with Gasteiger partial charge in [-0.15, -0.1) is 10.2 Å². The van der Waals surface area contributed by atoms with E-state index in [4.69, 9.17) is 9.31 Å². The molecular formula is C22H28N3O4PS. The molecule has 0 aliphatic carbocycles. The van der Waals surface area contributed by atoms with Gasteiger partial charge < -0.3 is 19.2 Å². The Labute approximate surface area is 187 Å². The summed E-state index contributed by atoms with van der Waals surface area (Å²) in [5.41, 5.74) is 5.72. The summed E-state index contributed by atoms with van der Waals surface area (Å²) in [5.74, 6) is 0.538. The zero-order chi connectivity index (χ0) is 22.2. The first kappa shape index (κ1) is 23.7. The first-order chi connectivity index (χ1) is 14.9. The molecule has 9 heteroatoms. The van der Waals surface area contributed by atoms with E-state index in [9.17, 15) is 4.57 Å². The minimum absolute atomic E-state index is 0.175. The Bertz CT molecular complexity index is 1010. The summed E-state index contributed by atoms with van der Waals surface area (Å²) in [7, 11) is -2.82. The fourth-order valence-electron chi connectivity index (χ4n) is 2.96. The van der Waals surface area contributed by atoms with Crippen LogP contribution in [0, 0.1) is 13.8 Å². The molecule has 0 fully saturated rings. The maximum Gasteiger partial charge on any atom is 0.316 e.